The number of benzene rings is 3. The fourth-order valence-corrected chi connectivity index (χ4v) is 4.05. The molecule has 0 aliphatic heterocycles. The molecule has 168 valence electrons. The van der Waals surface area contributed by atoms with Crippen LogP contribution in [0.25, 0.3) is 6.08 Å². The Morgan fingerprint density at radius 3 is 2.48 bits per heavy atom. The van der Waals surface area contributed by atoms with Gasteiger partial charge in [0.05, 0.1) is 6.61 Å². The van der Waals surface area contributed by atoms with Crippen LogP contribution in [0.15, 0.2) is 75.2 Å². The Morgan fingerprint density at radius 1 is 1.09 bits per heavy atom. The van der Waals surface area contributed by atoms with E-state index in [2.05, 4.69) is 59.8 Å². The molecule has 8 heteroatoms. The highest BCUT2D eigenvalue weighted by molar-refractivity contribution is 14.1. The highest BCUT2D eigenvalue weighted by Crippen LogP contribution is 2.35. The highest BCUT2D eigenvalue weighted by atomic mass is 127. The van der Waals surface area contributed by atoms with E-state index in [1.165, 1.54) is 6.08 Å². The molecule has 1 amide bonds. The number of halogens is 3. The van der Waals surface area contributed by atoms with Gasteiger partial charge in [-0.15, -0.1) is 0 Å². The monoisotopic (exact) mass is 680 g/mol. The topological polar surface area (TPSA) is 71.3 Å². The van der Waals surface area contributed by atoms with E-state index in [0.29, 0.717) is 40.4 Å². The minimum atomic E-state index is -0.500. The average molecular weight is 682 g/mol. The van der Waals surface area contributed by atoms with Gasteiger partial charge in [-0.05, 0) is 89.2 Å². The van der Waals surface area contributed by atoms with Crippen molar-refractivity contribution >= 4 is 72.1 Å². The van der Waals surface area contributed by atoms with Gasteiger partial charge in [0, 0.05) is 18.2 Å². The number of hydrogen-bond donors (Lipinski definition) is 1. The van der Waals surface area contributed by atoms with Gasteiger partial charge in [0.15, 0.2) is 11.5 Å². The van der Waals surface area contributed by atoms with Crippen molar-refractivity contribution in [1.82, 2.24) is 0 Å². The molecule has 0 aromatic heterocycles. The van der Waals surface area contributed by atoms with Crippen LogP contribution in [0.1, 0.15) is 18.1 Å². The molecule has 3 aromatic carbocycles. The van der Waals surface area contributed by atoms with Gasteiger partial charge in [0.1, 0.15) is 18.2 Å². The van der Waals surface area contributed by atoms with Crippen LogP contribution in [0, 0.1) is 14.9 Å². The van der Waals surface area contributed by atoms with Crippen molar-refractivity contribution in [2.24, 2.45) is 0 Å². The number of carbonyl (C=O) groups is 1. The normalized spacial score (nSPS) is 10.9. The largest absolute Gasteiger partial charge is 0.490 e. The maximum atomic E-state index is 12.6. The third-order valence-corrected chi connectivity index (χ3v) is 6.32. The zero-order chi connectivity index (χ0) is 23.8. The van der Waals surface area contributed by atoms with E-state index in [0.717, 1.165) is 13.6 Å². The van der Waals surface area contributed by atoms with Crippen LogP contribution >= 0.6 is 54.5 Å². The number of nitriles is 1. The summed E-state index contributed by atoms with van der Waals surface area (Å²) in [4.78, 5) is 12.6. The van der Waals surface area contributed by atoms with Crippen molar-refractivity contribution in [3.63, 3.8) is 0 Å². The third-order valence-electron chi connectivity index (χ3n) is 4.42. The van der Waals surface area contributed by atoms with Crippen molar-refractivity contribution in [3.8, 4) is 17.6 Å². The van der Waals surface area contributed by atoms with Gasteiger partial charge < -0.3 is 14.8 Å². The molecule has 0 saturated carbocycles. The van der Waals surface area contributed by atoms with Gasteiger partial charge in [-0.25, -0.2) is 0 Å². The first-order valence-corrected chi connectivity index (χ1v) is 12.6. The number of rotatable bonds is 8. The molecule has 1 N–H and O–H groups in total. The van der Waals surface area contributed by atoms with Crippen LogP contribution in [-0.2, 0) is 11.4 Å². The van der Waals surface area contributed by atoms with Crippen LogP contribution in [0.2, 0.25) is 0 Å². The summed E-state index contributed by atoms with van der Waals surface area (Å²) < 4.78 is 14.4. The maximum absolute atomic E-state index is 12.6. The number of ether oxygens (including phenoxy) is 2. The van der Waals surface area contributed by atoms with Crippen LogP contribution in [-0.4, -0.2) is 12.5 Å². The Bertz CT molecular complexity index is 1220. The molecule has 0 fully saturated rings. The minimum absolute atomic E-state index is 0.0364. The predicted molar refractivity (Wildman–Crippen MR) is 145 cm³/mol. The summed E-state index contributed by atoms with van der Waals surface area (Å²) in [7, 11) is 0. The van der Waals surface area contributed by atoms with E-state index >= 15 is 0 Å². The molecule has 0 radical (unpaired) electrons. The fourth-order valence-electron chi connectivity index (χ4n) is 2.85. The molecule has 33 heavy (non-hydrogen) atoms. The first-order chi connectivity index (χ1) is 15.9. The summed E-state index contributed by atoms with van der Waals surface area (Å²) in [6, 6.07) is 20.7. The number of amides is 1. The lowest BCUT2D eigenvalue weighted by atomic mass is 10.1. The zero-order valence-electron chi connectivity index (χ0n) is 17.6. The summed E-state index contributed by atoms with van der Waals surface area (Å²) >= 11 is 9.15. The van der Waals surface area contributed by atoms with E-state index < -0.39 is 5.91 Å². The number of nitrogens with one attached hydrogen (secondary N) is 1. The summed E-state index contributed by atoms with van der Waals surface area (Å²) in [6.07, 6.45) is 1.52. The van der Waals surface area contributed by atoms with Crippen molar-refractivity contribution in [1.29, 1.82) is 5.26 Å². The van der Waals surface area contributed by atoms with Gasteiger partial charge in [-0.3, -0.25) is 4.79 Å². The molecule has 0 aliphatic rings. The van der Waals surface area contributed by atoms with Crippen LogP contribution in [0.4, 0.5) is 5.69 Å². The second kappa shape index (κ2) is 12.2. The van der Waals surface area contributed by atoms with Crippen molar-refractivity contribution in [2.45, 2.75) is 13.5 Å². The Hall–Kier alpha value is -2.35. The molecule has 0 spiro atoms. The van der Waals surface area contributed by atoms with Gasteiger partial charge in [-0.1, -0.05) is 50.1 Å². The summed E-state index contributed by atoms with van der Waals surface area (Å²) in [5, 5.41) is 12.3. The Labute approximate surface area is 223 Å². The van der Waals surface area contributed by atoms with Gasteiger partial charge in [-0.2, -0.15) is 5.26 Å². The van der Waals surface area contributed by atoms with Crippen LogP contribution < -0.4 is 14.8 Å². The summed E-state index contributed by atoms with van der Waals surface area (Å²) in [5.41, 5.74) is 2.21. The Morgan fingerprint density at radius 2 is 1.82 bits per heavy atom. The SMILES string of the molecule is CCOc1cc(/C=C(/C#N)C(=O)Nc2cccc(Br)c2)c(Br)cc1OCc1ccc(I)cc1. The Kier molecular flexibility index (Phi) is 9.35. The van der Waals surface area contributed by atoms with E-state index in [1.807, 2.05) is 43.3 Å². The van der Waals surface area contributed by atoms with E-state index in [9.17, 15) is 10.1 Å². The van der Waals surface area contributed by atoms with Gasteiger partial charge in [0.2, 0.25) is 0 Å². The fraction of sp³-hybridized carbons (Fsp3) is 0.120. The number of carbonyl (C=O) groups excluding carboxylic acids is 1. The second-order valence-corrected chi connectivity index (χ2v) is 9.82. The summed E-state index contributed by atoms with van der Waals surface area (Å²) in [5.74, 6) is 0.596. The maximum Gasteiger partial charge on any atom is 0.266 e. The minimum Gasteiger partial charge on any atom is -0.490 e. The first-order valence-electron chi connectivity index (χ1n) is 9.92. The van der Waals surface area contributed by atoms with Crippen LogP contribution in [0.5, 0.6) is 11.5 Å². The standard InChI is InChI=1S/C25H19Br2IN2O3/c1-2-32-23-11-17(10-18(14-29)25(31)30-21-5-3-4-19(26)12-21)22(27)13-24(23)33-15-16-6-8-20(28)9-7-16/h3-13H,2,15H2,1H3,(H,30,31)/b18-10-. The van der Waals surface area contributed by atoms with Crippen molar-refractivity contribution < 1.29 is 14.3 Å². The summed E-state index contributed by atoms with van der Waals surface area (Å²) in [6.45, 7) is 2.71. The van der Waals surface area contributed by atoms with E-state index in [4.69, 9.17) is 9.47 Å². The molecule has 0 saturated heterocycles. The lowest BCUT2D eigenvalue weighted by molar-refractivity contribution is -0.112. The molecule has 5 nitrogen and oxygen atoms in total. The molecule has 3 aromatic rings. The smallest absolute Gasteiger partial charge is 0.266 e. The van der Waals surface area contributed by atoms with Gasteiger partial charge >= 0.3 is 0 Å². The van der Waals surface area contributed by atoms with E-state index in [-0.39, 0.29) is 5.57 Å². The van der Waals surface area contributed by atoms with Crippen LogP contribution in [0.3, 0.4) is 0 Å². The first kappa shape index (κ1) is 25.3. The van der Waals surface area contributed by atoms with Crippen molar-refractivity contribution in [3.05, 3.63) is 89.9 Å². The average Bonchev–Trinajstić information content (AvgIpc) is 2.79. The Balaban J connectivity index is 1.84. The number of nitrogens with zero attached hydrogens (tertiary/aromatic N) is 1. The molecular weight excluding hydrogens is 663 g/mol. The lowest BCUT2D eigenvalue weighted by Crippen LogP contribution is -2.13. The van der Waals surface area contributed by atoms with E-state index in [1.54, 1.807) is 30.3 Å². The molecule has 0 aliphatic carbocycles. The predicted octanol–water partition coefficient (Wildman–Crippen LogP) is 7.34. The quantitative estimate of drug-likeness (QED) is 0.154. The number of anilines is 1. The van der Waals surface area contributed by atoms with Gasteiger partial charge in [0.25, 0.3) is 5.91 Å². The molecule has 3 rings (SSSR count). The number of hydrogen-bond acceptors (Lipinski definition) is 4. The molecule has 0 heterocycles. The molecule has 0 atom stereocenters. The zero-order valence-corrected chi connectivity index (χ0v) is 22.9. The molecule has 0 bridgehead atoms. The second-order valence-electron chi connectivity index (χ2n) is 6.80. The van der Waals surface area contributed by atoms with Crippen molar-refractivity contribution in [2.75, 3.05) is 11.9 Å². The highest BCUT2D eigenvalue weighted by Gasteiger charge is 2.14. The lowest BCUT2D eigenvalue weighted by Gasteiger charge is -2.14. The molecular formula is C25H19Br2IN2O3. The molecule has 0 unspecified atom stereocenters. The third kappa shape index (κ3) is 7.32.